The minimum absolute atomic E-state index is 0.166. The molecule has 2 aliphatic rings. The van der Waals surface area contributed by atoms with Gasteiger partial charge in [-0.15, -0.1) is 10.2 Å². The quantitative estimate of drug-likeness (QED) is 0.293. The molecule has 0 bridgehead atoms. The highest BCUT2D eigenvalue weighted by molar-refractivity contribution is 7.90. The molecule has 40 heavy (non-hydrogen) atoms. The van der Waals surface area contributed by atoms with Crippen molar-refractivity contribution in [3.63, 3.8) is 0 Å². The molecular formula is C31H31N5O3S. The van der Waals surface area contributed by atoms with Crippen molar-refractivity contribution in [2.45, 2.75) is 55.8 Å². The lowest BCUT2D eigenvalue weighted by Gasteiger charge is -2.46. The SMILES string of the molecule is Cc1ccc(S(=O)(=O)n2cc(C3CC3)c3ccn(-c4cccc(C5(c6nncn6C)CC(C)C5)c4)c(=O)c32)cc1. The number of rotatable bonds is 6. The van der Waals surface area contributed by atoms with E-state index < -0.39 is 10.0 Å². The zero-order chi connectivity index (χ0) is 27.8. The fourth-order valence-electron chi connectivity index (χ4n) is 6.51. The van der Waals surface area contributed by atoms with Crippen LogP contribution in [0.3, 0.4) is 0 Å². The summed E-state index contributed by atoms with van der Waals surface area (Å²) >= 11 is 0. The normalized spacial score (nSPS) is 21.0. The van der Waals surface area contributed by atoms with Crippen molar-refractivity contribution in [2.24, 2.45) is 13.0 Å². The number of benzene rings is 2. The Morgan fingerprint density at radius 3 is 2.42 bits per heavy atom. The van der Waals surface area contributed by atoms with Crippen LogP contribution in [0.4, 0.5) is 0 Å². The molecule has 2 fully saturated rings. The third-order valence-corrected chi connectivity index (χ3v) is 10.3. The molecule has 2 aliphatic carbocycles. The van der Waals surface area contributed by atoms with Gasteiger partial charge in [0.25, 0.3) is 15.6 Å². The molecule has 9 heteroatoms. The van der Waals surface area contributed by atoms with E-state index in [1.54, 1.807) is 47.6 Å². The van der Waals surface area contributed by atoms with Crippen LogP contribution in [0.2, 0.25) is 0 Å². The van der Waals surface area contributed by atoms with Crippen molar-refractivity contribution in [3.8, 4) is 5.69 Å². The molecule has 0 N–H and O–H groups in total. The van der Waals surface area contributed by atoms with Gasteiger partial charge in [0.2, 0.25) is 0 Å². The maximum absolute atomic E-state index is 14.2. The molecule has 0 spiro atoms. The van der Waals surface area contributed by atoms with E-state index in [1.807, 2.05) is 42.8 Å². The second kappa shape index (κ2) is 8.76. The molecule has 3 heterocycles. The van der Waals surface area contributed by atoms with Crippen LogP contribution < -0.4 is 5.56 Å². The summed E-state index contributed by atoms with van der Waals surface area (Å²) < 4.78 is 32.4. The van der Waals surface area contributed by atoms with Gasteiger partial charge in [0.15, 0.2) is 0 Å². The number of pyridine rings is 1. The Bertz CT molecular complexity index is 1940. The van der Waals surface area contributed by atoms with Crippen LogP contribution in [0.5, 0.6) is 0 Å². The highest BCUT2D eigenvalue weighted by Gasteiger charge is 2.48. The molecule has 0 unspecified atom stereocenters. The lowest BCUT2D eigenvalue weighted by atomic mass is 9.58. The van der Waals surface area contributed by atoms with Crippen molar-refractivity contribution >= 4 is 20.9 Å². The molecule has 204 valence electrons. The van der Waals surface area contributed by atoms with Crippen molar-refractivity contribution in [3.05, 3.63) is 106 Å². The van der Waals surface area contributed by atoms with Crippen LogP contribution in [-0.4, -0.2) is 31.7 Å². The zero-order valence-electron chi connectivity index (χ0n) is 22.8. The minimum atomic E-state index is -3.97. The summed E-state index contributed by atoms with van der Waals surface area (Å²) in [7, 11) is -2.01. The van der Waals surface area contributed by atoms with Crippen LogP contribution >= 0.6 is 0 Å². The molecule has 3 aromatic heterocycles. The van der Waals surface area contributed by atoms with Crippen molar-refractivity contribution in [1.82, 2.24) is 23.3 Å². The average molecular weight is 554 g/mol. The molecule has 5 aromatic rings. The molecule has 7 rings (SSSR count). The lowest BCUT2D eigenvalue weighted by Crippen LogP contribution is -2.43. The van der Waals surface area contributed by atoms with Crippen LogP contribution in [-0.2, 0) is 22.5 Å². The summed E-state index contributed by atoms with van der Waals surface area (Å²) in [5.41, 5.74) is 3.22. The maximum atomic E-state index is 14.2. The topological polar surface area (TPSA) is 91.8 Å². The van der Waals surface area contributed by atoms with E-state index in [-0.39, 0.29) is 27.3 Å². The van der Waals surface area contributed by atoms with Gasteiger partial charge in [0.05, 0.1) is 10.3 Å². The van der Waals surface area contributed by atoms with Gasteiger partial charge >= 0.3 is 0 Å². The summed E-state index contributed by atoms with van der Waals surface area (Å²) in [6.45, 7) is 4.15. The number of hydrogen-bond acceptors (Lipinski definition) is 5. The van der Waals surface area contributed by atoms with Gasteiger partial charge < -0.3 is 4.57 Å². The van der Waals surface area contributed by atoms with Crippen LogP contribution in [0.1, 0.15) is 61.0 Å². The lowest BCUT2D eigenvalue weighted by molar-refractivity contribution is 0.185. The van der Waals surface area contributed by atoms with Gasteiger partial charge in [0.1, 0.15) is 17.7 Å². The largest absolute Gasteiger partial charge is 0.320 e. The summed E-state index contributed by atoms with van der Waals surface area (Å²) in [6.07, 6.45) is 9.05. The first-order valence-corrected chi connectivity index (χ1v) is 15.2. The number of nitrogens with zero attached hydrogens (tertiary/aromatic N) is 5. The monoisotopic (exact) mass is 553 g/mol. The van der Waals surface area contributed by atoms with Crippen molar-refractivity contribution in [2.75, 3.05) is 0 Å². The Kier molecular flexibility index (Phi) is 5.48. The third-order valence-electron chi connectivity index (χ3n) is 8.66. The first-order chi connectivity index (χ1) is 19.2. The zero-order valence-corrected chi connectivity index (χ0v) is 23.6. The van der Waals surface area contributed by atoms with E-state index in [4.69, 9.17) is 0 Å². The number of hydrogen-bond donors (Lipinski definition) is 0. The van der Waals surface area contributed by atoms with Crippen molar-refractivity contribution < 1.29 is 8.42 Å². The summed E-state index contributed by atoms with van der Waals surface area (Å²) in [5.74, 6) is 1.75. The first-order valence-electron chi connectivity index (χ1n) is 13.7. The fraction of sp³-hybridized carbons (Fsp3) is 0.323. The molecule has 0 atom stereocenters. The second-order valence-corrected chi connectivity index (χ2v) is 13.5. The van der Waals surface area contributed by atoms with E-state index in [1.165, 1.54) is 3.97 Å². The number of aromatic nitrogens is 5. The van der Waals surface area contributed by atoms with E-state index in [0.717, 1.165) is 48.2 Å². The predicted octanol–water partition coefficient (Wildman–Crippen LogP) is 5.06. The molecule has 8 nitrogen and oxygen atoms in total. The second-order valence-electron chi connectivity index (χ2n) is 11.6. The highest BCUT2D eigenvalue weighted by Crippen LogP contribution is 2.51. The Hall–Kier alpha value is -3.98. The number of fused-ring (bicyclic) bond motifs is 1. The Labute approximate surface area is 233 Å². The van der Waals surface area contributed by atoms with Gasteiger partial charge in [-0.25, -0.2) is 12.4 Å². The maximum Gasteiger partial charge on any atom is 0.280 e. The van der Waals surface area contributed by atoms with E-state index in [0.29, 0.717) is 17.0 Å². The highest BCUT2D eigenvalue weighted by atomic mass is 32.2. The van der Waals surface area contributed by atoms with Crippen LogP contribution in [0.25, 0.3) is 16.6 Å². The molecule has 0 radical (unpaired) electrons. The van der Waals surface area contributed by atoms with E-state index in [2.05, 4.69) is 23.2 Å². The molecule has 0 amide bonds. The van der Waals surface area contributed by atoms with Crippen LogP contribution in [0, 0.1) is 12.8 Å². The first kappa shape index (κ1) is 25.0. The molecule has 0 aliphatic heterocycles. The van der Waals surface area contributed by atoms with Gasteiger partial charge in [-0.2, -0.15) is 0 Å². The Morgan fingerprint density at radius 1 is 1.02 bits per heavy atom. The van der Waals surface area contributed by atoms with E-state index in [9.17, 15) is 13.2 Å². The van der Waals surface area contributed by atoms with Crippen LogP contribution in [0.15, 0.2) is 83.0 Å². The molecule has 0 saturated heterocycles. The average Bonchev–Trinajstić information content (AvgIpc) is 3.55. The van der Waals surface area contributed by atoms with E-state index >= 15 is 0 Å². The number of aryl methyl sites for hydroxylation is 2. The standard InChI is InChI=1S/C31H31N5O3S/c1-20-7-11-25(12-8-20)40(38,39)36-18-27(22-9-10-22)26-13-14-35(29(37)28(26)36)24-6-4-5-23(15-24)31(16-21(2)17-31)30-33-32-19-34(30)3/h4-8,11-15,18-19,21-22H,9-10,16-17H2,1-3H3. The van der Waals surface area contributed by atoms with Crippen molar-refractivity contribution in [1.29, 1.82) is 0 Å². The fourth-order valence-corrected chi connectivity index (χ4v) is 7.89. The van der Waals surface area contributed by atoms with Gasteiger partial charge in [0, 0.05) is 30.5 Å². The molecule has 2 saturated carbocycles. The van der Waals surface area contributed by atoms with Gasteiger partial charge in [-0.3, -0.25) is 9.36 Å². The van der Waals surface area contributed by atoms with Gasteiger partial charge in [-0.1, -0.05) is 36.8 Å². The summed E-state index contributed by atoms with van der Waals surface area (Å²) in [4.78, 5) is 14.3. The summed E-state index contributed by atoms with van der Waals surface area (Å²) in [5, 5.41) is 9.29. The Morgan fingerprint density at radius 2 is 1.77 bits per heavy atom. The molecular weight excluding hydrogens is 522 g/mol. The predicted molar refractivity (Wildman–Crippen MR) is 153 cm³/mol. The molecule has 2 aromatic carbocycles. The smallest absolute Gasteiger partial charge is 0.280 e. The van der Waals surface area contributed by atoms with Gasteiger partial charge in [-0.05, 0) is 85.9 Å². The minimum Gasteiger partial charge on any atom is -0.320 e. The third kappa shape index (κ3) is 3.71. The Balaban J connectivity index is 1.40. The summed E-state index contributed by atoms with van der Waals surface area (Å²) in [6, 6.07) is 16.6.